The van der Waals surface area contributed by atoms with Gasteiger partial charge in [0.1, 0.15) is 11.5 Å². The first kappa shape index (κ1) is 31.9. The molecule has 0 N–H and O–H groups in total. The van der Waals surface area contributed by atoms with E-state index in [-0.39, 0.29) is 17.1 Å². The summed E-state index contributed by atoms with van der Waals surface area (Å²) in [6.45, 7) is 8.10. The van der Waals surface area contributed by atoms with Crippen LogP contribution in [-0.2, 0) is 16.0 Å². The molecule has 42 heavy (non-hydrogen) atoms. The number of benzene rings is 3. The van der Waals surface area contributed by atoms with E-state index in [1.807, 2.05) is 19.1 Å². The topological polar surface area (TPSA) is 97.4 Å². The number of methoxy groups -OCH3 is 1. The summed E-state index contributed by atoms with van der Waals surface area (Å²) < 4.78 is 27.2. The molecule has 8 heteroatoms. The Morgan fingerprint density at radius 2 is 1.43 bits per heavy atom. The highest BCUT2D eigenvalue weighted by Crippen LogP contribution is 2.30. The lowest BCUT2D eigenvalue weighted by Crippen LogP contribution is -2.12. The van der Waals surface area contributed by atoms with E-state index in [1.54, 1.807) is 30.3 Å². The summed E-state index contributed by atoms with van der Waals surface area (Å²) in [7, 11) is 1.43. The Morgan fingerprint density at radius 1 is 0.762 bits per heavy atom. The van der Waals surface area contributed by atoms with Crippen molar-refractivity contribution < 1.29 is 38.1 Å². The molecule has 0 bridgehead atoms. The van der Waals surface area contributed by atoms with Crippen molar-refractivity contribution in [3.63, 3.8) is 0 Å². The second kappa shape index (κ2) is 16.6. The van der Waals surface area contributed by atoms with Crippen molar-refractivity contribution in [2.45, 2.75) is 52.4 Å². The molecule has 0 amide bonds. The van der Waals surface area contributed by atoms with Crippen LogP contribution in [0.3, 0.4) is 0 Å². The highest BCUT2D eigenvalue weighted by atomic mass is 16.6. The Labute approximate surface area is 247 Å². The molecule has 0 aliphatic heterocycles. The van der Waals surface area contributed by atoms with Crippen LogP contribution in [0.2, 0.25) is 0 Å². The van der Waals surface area contributed by atoms with Gasteiger partial charge < -0.3 is 23.7 Å². The fraction of sp³-hybridized carbons (Fsp3) is 0.324. The summed E-state index contributed by atoms with van der Waals surface area (Å²) in [4.78, 5) is 36.7. The SMILES string of the molecule is C=CC(=O)OCCCCOc1ccc(C(=O)Oc2ccc(C(=O)Oc3ccc(CCCCC)cc3)cc2OC)cc1C. The molecule has 3 aromatic carbocycles. The van der Waals surface area contributed by atoms with E-state index in [1.165, 1.54) is 43.7 Å². The van der Waals surface area contributed by atoms with Crippen molar-refractivity contribution in [3.05, 3.63) is 95.6 Å². The minimum Gasteiger partial charge on any atom is -0.493 e. The van der Waals surface area contributed by atoms with Gasteiger partial charge in [-0.15, -0.1) is 0 Å². The molecule has 8 nitrogen and oxygen atoms in total. The highest BCUT2D eigenvalue weighted by molar-refractivity contribution is 5.93. The van der Waals surface area contributed by atoms with Crippen molar-refractivity contribution in [2.75, 3.05) is 20.3 Å². The van der Waals surface area contributed by atoms with Gasteiger partial charge in [-0.1, -0.05) is 38.5 Å². The summed E-state index contributed by atoms with van der Waals surface area (Å²) in [6, 6.07) is 17.0. The van der Waals surface area contributed by atoms with E-state index in [9.17, 15) is 14.4 Å². The van der Waals surface area contributed by atoms with E-state index >= 15 is 0 Å². The van der Waals surface area contributed by atoms with Crippen molar-refractivity contribution in [1.29, 1.82) is 0 Å². The van der Waals surface area contributed by atoms with E-state index in [0.717, 1.165) is 24.5 Å². The van der Waals surface area contributed by atoms with Crippen LogP contribution in [-0.4, -0.2) is 38.2 Å². The van der Waals surface area contributed by atoms with Gasteiger partial charge in [-0.3, -0.25) is 0 Å². The number of unbranched alkanes of at least 4 members (excludes halogenated alkanes) is 3. The number of hydrogen-bond donors (Lipinski definition) is 0. The Bertz CT molecular complexity index is 1360. The van der Waals surface area contributed by atoms with E-state index in [0.29, 0.717) is 43.1 Å². The molecule has 0 saturated carbocycles. The minimum atomic E-state index is -0.582. The largest absolute Gasteiger partial charge is 0.493 e. The number of carbonyl (C=O) groups excluding carboxylic acids is 3. The number of hydrogen-bond acceptors (Lipinski definition) is 8. The number of ether oxygens (including phenoxy) is 5. The first-order valence-corrected chi connectivity index (χ1v) is 14.1. The third-order valence-corrected chi connectivity index (χ3v) is 6.42. The molecule has 0 atom stereocenters. The van der Waals surface area contributed by atoms with Gasteiger partial charge in [-0.2, -0.15) is 0 Å². The lowest BCUT2D eigenvalue weighted by Gasteiger charge is -2.13. The molecule has 0 saturated heterocycles. The van der Waals surface area contributed by atoms with E-state index < -0.39 is 17.9 Å². The maximum Gasteiger partial charge on any atom is 0.343 e. The number of aryl methyl sites for hydroxylation is 2. The molecule has 0 spiro atoms. The number of rotatable bonds is 16. The summed E-state index contributed by atoms with van der Waals surface area (Å²) in [5, 5.41) is 0. The van der Waals surface area contributed by atoms with Crippen LogP contribution in [0, 0.1) is 6.92 Å². The van der Waals surface area contributed by atoms with Crippen LogP contribution < -0.4 is 18.9 Å². The third kappa shape index (κ3) is 9.80. The Hall–Kier alpha value is -4.59. The van der Waals surface area contributed by atoms with E-state index in [2.05, 4.69) is 13.5 Å². The second-order valence-electron chi connectivity index (χ2n) is 9.65. The fourth-order valence-electron chi connectivity index (χ4n) is 4.06. The second-order valence-corrected chi connectivity index (χ2v) is 9.65. The van der Waals surface area contributed by atoms with Crippen molar-refractivity contribution in [2.24, 2.45) is 0 Å². The van der Waals surface area contributed by atoms with Crippen molar-refractivity contribution >= 4 is 17.9 Å². The first-order valence-electron chi connectivity index (χ1n) is 14.1. The van der Waals surface area contributed by atoms with Crippen molar-refractivity contribution in [1.82, 2.24) is 0 Å². The molecular formula is C34H38O8. The summed E-state index contributed by atoms with van der Waals surface area (Å²) in [5.41, 5.74) is 2.56. The predicted octanol–water partition coefficient (Wildman–Crippen LogP) is 7.06. The van der Waals surface area contributed by atoms with Crippen LogP contribution in [0.5, 0.6) is 23.0 Å². The number of esters is 3. The molecule has 0 fully saturated rings. The molecule has 3 rings (SSSR count). The number of carbonyl (C=O) groups is 3. The average molecular weight is 575 g/mol. The maximum atomic E-state index is 12.9. The molecule has 0 unspecified atom stereocenters. The molecule has 0 aromatic heterocycles. The van der Waals surface area contributed by atoms with Gasteiger partial charge in [0.15, 0.2) is 11.5 Å². The van der Waals surface area contributed by atoms with Crippen LogP contribution in [0.25, 0.3) is 0 Å². The van der Waals surface area contributed by atoms with Crippen LogP contribution in [0.4, 0.5) is 0 Å². The van der Waals surface area contributed by atoms with Gasteiger partial charge in [-0.05, 0) is 92.3 Å². The predicted molar refractivity (Wildman–Crippen MR) is 160 cm³/mol. The van der Waals surface area contributed by atoms with E-state index in [4.69, 9.17) is 23.7 Å². The van der Waals surface area contributed by atoms with Crippen molar-refractivity contribution in [3.8, 4) is 23.0 Å². The maximum absolute atomic E-state index is 12.9. The molecule has 0 heterocycles. The lowest BCUT2D eigenvalue weighted by molar-refractivity contribution is -0.137. The quantitative estimate of drug-likeness (QED) is 0.0776. The summed E-state index contributed by atoms with van der Waals surface area (Å²) in [5.74, 6) is -0.0909. The Balaban J connectivity index is 1.55. The fourth-order valence-corrected chi connectivity index (χ4v) is 4.06. The zero-order chi connectivity index (χ0) is 30.3. The monoisotopic (exact) mass is 574 g/mol. The normalized spacial score (nSPS) is 10.5. The Morgan fingerprint density at radius 3 is 2.10 bits per heavy atom. The van der Waals surface area contributed by atoms with Gasteiger partial charge in [0.05, 0.1) is 31.5 Å². The molecular weight excluding hydrogens is 536 g/mol. The zero-order valence-corrected chi connectivity index (χ0v) is 24.5. The highest BCUT2D eigenvalue weighted by Gasteiger charge is 2.17. The minimum absolute atomic E-state index is 0.172. The summed E-state index contributed by atoms with van der Waals surface area (Å²) in [6.07, 6.45) is 6.96. The molecule has 0 radical (unpaired) electrons. The lowest BCUT2D eigenvalue weighted by atomic mass is 10.1. The zero-order valence-electron chi connectivity index (χ0n) is 24.5. The van der Waals surface area contributed by atoms with Gasteiger partial charge in [0, 0.05) is 6.08 Å². The van der Waals surface area contributed by atoms with Crippen LogP contribution in [0.15, 0.2) is 73.3 Å². The van der Waals surface area contributed by atoms with Gasteiger partial charge >= 0.3 is 17.9 Å². The summed E-state index contributed by atoms with van der Waals surface area (Å²) >= 11 is 0. The molecule has 222 valence electrons. The van der Waals surface area contributed by atoms with Crippen LogP contribution in [0.1, 0.15) is 70.9 Å². The standard InChI is InChI=1S/C34H38O8/c1-5-7-8-11-25-12-16-28(17-13-25)41-33(36)27-15-19-30(31(23-27)38-4)42-34(37)26-14-18-29(24(3)22-26)39-20-9-10-21-40-32(35)6-2/h6,12-19,22-23H,2,5,7-11,20-21H2,1,3-4H3. The smallest absolute Gasteiger partial charge is 0.343 e. The average Bonchev–Trinajstić information content (AvgIpc) is 3.00. The first-order chi connectivity index (χ1) is 20.3. The Kier molecular flexibility index (Phi) is 12.6. The van der Waals surface area contributed by atoms with Crippen LogP contribution >= 0.6 is 0 Å². The van der Waals surface area contributed by atoms with Gasteiger partial charge in [-0.25, -0.2) is 14.4 Å². The van der Waals surface area contributed by atoms with Gasteiger partial charge in [0.25, 0.3) is 0 Å². The molecule has 3 aromatic rings. The molecule has 0 aliphatic rings. The third-order valence-electron chi connectivity index (χ3n) is 6.42. The van der Waals surface area contributed by atoms with Gasteiger partial charge in [0.2, 0.25) is 0 Å². The molecule has 0 aliphatic carbocycles.